The van der Waals surface area contributed by atoms with Crippen LogP contribution in [0, 0.1) is 6.92 Å². The SMILES string of the molecule is Cc1ccc(C2(C(=O)NC3CCOC3)CC2)cc1. The Kier molecular flexibility index (Phi) is 2.86. The van der Waals surface area contributed by atoms with Crippen LogP contribution in [0.3, 0.4) is 0 Å². The van der Waals surface area contributed by atoms with Gasteiger partial charge in [-0.1, -0.05) is 29.8 Å². The summed E-state index contributed by atoms with van der Waals surface area (Å²) >= 11 is 0. The Morgan fingerprint density at radius 1 is 1.33 bits per heavy atom. The van der Waals surface area contributed by atoms with Gasteiger partial charge in [-0.15, -0.1) is 0 Å². The van der Waals surface area contributed by atoms with E-state index < -0.39 is 0 Å². The maximum absolute atomic E-state index is 12.4. The van der Waals surface area contributed by atoms with Crippen LogP contribution in [0.25, 0.3) is 0 Å². The molecule has 0 radical (unpaired) electrons. The number of carbonyl (C=O) groups excluding carboxylic acids is 1. The summed E-state index contributed by atoms with van der Waals surface area (Å²) in [6, 6.07) is 8.56. The van der Waals surface area contributed by atoms with E-state index in [4.69, 9.17) is 4.74 Å². The third kappa shape index (κ3) is 2.03. The summed E-state index contributed by atoms with van der Waals surface area (Å²) in [5.41, 5.74) is 2.14. The average Bonchev–Trinajstić information content (AvgIpc) is 3.03. The van der Waals surface area contributed by atoms with Crippen molar-refractivity contribution in [2.24, 2.45) is 0 Å². The van der Waals surface area contributed by atoms with Gasteiger partial charge in [0.2, 0.25) is 5.91 Å². The molecule has 1 saturated carbocycles. The summed E-state index contributed by atoms with van der Waals surface area (Å²) in [5, 5.41) is 3.13. The Morgan fingerprint density at radius 2 is 2.06 bits per heavy atom. The van der Waals surface area contributed by atoms with Crippen LogP contribution in [0.4, 0.5) is 0 Å². The zero-order valence-electron chi connectivity index (χ0n) is 10.7. The summed E-state index contributed by atoms with van der Waals surface area (Å²) in [7, 11) is 0. The lowest BCUT2D eigenvalue weighted by Gasteiger charge is -2.18. The molecule has 18 heavy (non-hydrogen) atoms. The molecule has 1 saturated heterocycles. The van der Waals surface area contributed by atoms with E-state index in [0.717, 1.165) is 31.4 Å². The van der Waals surface area contributed by atoms with Crippen molar-refractivity contribution in [1.29, 1.82) is 0 Å². The van der Waals surface area contributed by atoms with Crippen molar-refractivity contribution in [3.8, 4) is 0 Å². The molecular formula is C15H19NO2. The Balaban J connectivity index is 1.73. The monoisotopic (exact) mass is 245 g/mol. The number of hydrogen-bond donors (Lipinski definition) is 1. The van der Waals surface area contributed by atoms with E-state index in [1.807, 2.05) is 0 Å². The first-order valence-corrected chi connectivity index (χ1v) is 6.67. The molecule has 0 spiro atoms. The number of amides is 1. The van der Waals surface area contributed by atoms with Crippen molar-refractivity contribution in [2.75, 3.05) is 13.2 Å². The average molecular weight is 245 g/mol. The van der Waals surface area contributed by atoms with Gasteiger partial charge in [0.15, 0.2) is 0 Å². The standard InChI is InChI=1S/C15H19NO2/c1-11-2-4-12(5-3-11)15(7-8-15)14(17)16-13-6-9-18-10-13/h2-5,13H,6-10H2,1H3,(H,16,17). The molecule has 2 aliphatic rings. The summed E-state index contributed by atoms with van der Waals surface area (Å²) in [6.07, 6.45) is 2.88. The number of rotatable bonds is 3. The van der Waals surface area contributed by atoms with E-state index in [0.29, 0.717) is 6.61 Å². The highest BCUT2D eigenvalue weighted by Crippen LogP contribution is 2.48. The molecule has 2 fully saturated rings. The van der Waals surface area contributed by atoms with E-state index >= 15 is 0 Å². The maximum atomic E-state index is 12.4. The van der Waals surface area contributed by atoms with Gasteiger partial charge in [0.05, 0.1) is 18.1 Å². The molecule has 1 atom stereocenters. The van der Waals surface area contributed by atoms with E-state index in [2.05, 4.69) is 36.5 Å². The summed E-state index contributed by atoms with van der Waals surface area (Å²) in [4.78, 5) is 12.4. The van der Waals surface area contributed by atoms with Crippen LogP contribution in [0.5, 0.6) is 0 Å². The smallest absolute Gasteiger partial charge is 0.230 e. The van der Waals surface area contributed by atoms with Crippen LogP contribution in [-0.4, -0.2) is 25.2 Å². The van der Waals surface area contributed by atoms with Gasteiger partial charge in [0.25, 0.3) is 0 Å². The topological polar surface area (TPSA) is 38.3 Å². The molecule has 3 nitrogen and oxygen atoms in total. The zero-order valence-corrected chi connectivity index (χ0v) is 10.7. The van der Waals surface area contributed by atoms with Crippen LogP contribution in [0.15, 0.2) is 24.3 Å². The number of hydrogen-bond acceptors (Lipinski definition) is 2. The third-order valence-corrected chi connectivity index (χ3v) is 4.05. The Morgan fingerprint density at radius 3 is 2.61 bits per heavy atom. The number of carbonyl (C=O) groups is 1. The number of aryl methyl sites for hydroxylation is 1. The maximum Gasteiger partial charge on any atom is 0.230 e. The molecule has 1 unspecified atom stereocenters. The largest absolute Gasteiger partial charge is 0.379 e. The molecule has 1 aromatic carbocycles. The summed E-state index contributed by atoms with van der Waals surface area (Å²) < 4.78 is 5.30. The molecule has 3 rings (SSSR count). The first kappa shape index (κ1) is 11.7. The number of ether oxygens (including phenoxy) is 1. The van der Waals surface area contributed by atoms with Crippen molar-refractivity contribution in [2.45, 2.75) is 37.6 Å². The van der Waals surface area contributed by atoms with Crippen LogP contribution in [0.1, 0.15) is 30.4 Å². The molecule has 3 heteroatoms. The van der Waals surface area contributed by atoms with Crippen LogP contribution >= 0.6 is 0 Å². The van der Waals surface area contributed by atoms with Gasteiger partial charge in [-0.3, -0.25) is 4.79 Å². The van der Waals surface area contributed by atoms with Crippen molar-refractivity contribution < 1.29 is 9.53 Å². The van der Waals surface area contributed by atoms with Gasteiger partial charge < -0.3 is 10.1 Å². The molecular weight excluding hydrogens is 226 g/mol. The second kappa shape index (κ2) is 4.39. The van der Waals surface area contributed by atoms with Gasteiger partial charge in [-0.2, -0.15) is 0 Å². The molecule has 1 aliphatic heterocycles. The molecule has 0 bridgehead atoms. The predicted molar refractivity (Wildman–Crippen MR) is 69.5 cm³/mol. The van der Waals surface area contributed by atoms with Crippen molar-refractivity contribution >= 4 is 5.91 Å². The second-order valence-electron chi connectivity index (χ2n) is 5.48. The third-order valence-electron chi connectivity index (χ3n) is 4.05. The van der Waals surface area contributed by atoms with Crippen LogP contribution in [-0.2, 0) is 14.9 Å². The summed E-state index contributed by atoms with van der Waals surface area (Å²) in [6.45, 7) is 3.50. The minimum atomic E-state index is -0.254. The van der Waals surface area contributed by atoms with Gasteiger partial charge in [0, 0.05) is 6.61 Å². The fraction of sp³-hybridized carbons (Fsp3) is 0.533. The highest BCUT2D eigenvalue weighted by molar-refractivity contribution is 5.91. The van der Waals surface area contributed by atoms with Gasteiger partial charge >= 0.3 is 0 Å². The van der Waals surface area contributed by atoms with E-state index in [1.165, 1.54) is 5.56 Å². The normalized spacial score (nSPS) is 24.8. The molecule has 96 valence electrons. The first-order valence-electron chi connectivity index (χ1n) is 6.67. The predicted octanol–water partition coefficient (Wildman–Crippen LogP) is 1.93. The van der Waals surface area contributed by atoms with Gasteiger partial charge in [-0.05, 0) is 31.7 Å². The fourth-order valence-corrected chi connectivity index (χ4v) is 2.62. The van der Waals surface area contributed by atoms with E-state index in [-0.39, 0.29) is 17.4 Å². The Bertz CT molecular complexity index is 442. The quantitative estimate of drug-likeness (QED) is 0.883. The molecule has 1 aromatic rings. The first-order chi connectivity index (χ1) is 8.71. The lowest BCUT2D eigenvalue weighted by atomic mass is 9.94. The lowest BCUT2D eigenvalue weighted by molar-refractivity contribution is -0.124. The second-order valence-corrected chi connectivity index (χ2v) is 5.48. The lowest BCUT2D eigenvalue weighted by Crippen LogP contribution is -2.41. The van der Waals surface area contributed by atoms with Crippen molar-refractivity contribution in [3.63, 3.8) is 0 Å². The molecule has 0 aromatic heterocycles. The molecule has 1 N–H and O–H groups in total. The minimum absolute atomic E-state index is 0.182. The molecule has 1 aliphatic carbocycles. The minimum Gasteiger partial charge on any atom is -0.379 e. The summed E-state index contributed by atoms with van der Waals surface area (Å²) in [5.74, 6) is 0.182. The van der Waals surface area contributed by atoms with Crippen LogP contribution in [0.2, 0.25) is 0 Å². The van der Waals surface area contributed by atoms with Crippen LogP contribution < -0.4 is 5.32 Å². The van der Waals surface area contributed by atoms with Gasteiger partial charge in [-0.25, -0.2) is 0 Å². The molecule has 1 heterocycles. The zero-order chi connectivity index (χ0) is 12.6. The Hall–Kier alpha value is -1.35. The highest BCUT2D eigenvalue weighted by atomic mass is 16.5. The highest BCUT2D eigenvalue weighted by Gasteiger charge is 2.51. The van der Waals surface area contributed by atoms with Gasteiger partial charge in [0.1, 0.15) is 0 Å². The number of benzene rings is 1. The van der Waals surface area contributed by atoms with E-state index in [9.17, 15) is 4.79 Å². The number of nitrogens with one attached hydrogen (secondary N) is 1. The fourth-order valence-electron chi connectivity index (χ4n) is 2.62. The van der Waals surface area contributed by atoms with Crippen molar-refractivity contribution in [1.82, 2.24) is 5.32 Å². The Labute approximate surface area is 108 Å². The molecule has 1 amide bonds. The van der Waals surface area contributed by atoms with Crippen molar-refractivity contribution in [3.05, 3.63) is 35.4 Å². The van der Waals surface area contributed by atoms with E-state index in [1.54, 1.807) is 0 Å².